The van der Waals surface area contributed by atoms with Gasteiger partial charge in [-0.2, -0.15) is 0 Å². The van der Waals surface area contributed by atoms with E-state index in [0.29, 0.717) is 35.8 Å². The first-order valence-corrected chi connectivity index (χ1v) is 6.66. The number of ether oxygens (including phenoxy) is 1. The highest BCUT2D eigenvalue weighted by Gasteiger charge is 2.30. The first kappa shape index (κ1) is 13.8. The highest BCUT2D eigenvalue weighted by molar-refractivity contribution is 6.30. The highest BCUT2D eigenvalue weighted by atomic mass is 35.5. The number of hydrogen-bond acceptors (Lipinski definition) is 3. The molecule has 0 N–H and O–H groups in total. The van der Waals surface area contributed by atoms with Crippen LogP contribution in [0, 0.1) is 5.92 Å². The van der Waals surface area contributed by atoms with Gasteiger partial charge in [-0.05, 0) is 37.6 Å². The van der Waals surface area contributed by atoms with E-state index in [2.05, 4.69) is 0 Å². The number of carbonyl (C=O) groups is 2. The Morgan fingerprint density at radius 2 is 2.05 bits per heavy atom. The predicted molar refractivity (Wildman–Crippen MR) is 73.2 cm³/mol. The molecule has 1 unspecified atom stereocenters. The predicted octanol–water partition coefficient (Wildman–Crippen LogP) is 3.42. The van der Waals surface area contributed by atoms with E-state index < -0.39 is 5.92 Å². The second-order valence-corrected chi connectivity index (χ2v) is 4.84. The maximum absolute atomic E-state index is 12.3. The van der Waals surface area contributed by atoms with Gasteiger partial charge in [-0.3, -0.25) is 9.59 Å². The molecular formula is C15H15ClO3. The Kier molecular flexibility index (Phi) is 4.38. The van der Waals surface area contributed by atoms with Crippen LogP contribution in [0.5, 0.6) is 0 Å². The van der Waals surface area contributed by atoms with E-state index in [9.17, 15) is 9.59 Å². The molecule has 4 heteroatoms. The highest BCUT2D eigenvalue weighted by Crippen LogP contribution is 2.25. The molecule has 0 bridgehead atoms. The summed E-state index contributed by atoms with van der Waals surface area (Å²) in [7, 11) is 0. The van der Waals surface area contributed by atoms with Gasteiger partial charge in [-0.25, -0.2) is 0 Å². The molecule has 0 heterocycles. The van der Waals surface area contributed by atoms with Crippen molar-refractivity contribution >= 4 is 23.2 Å². The molecule has 0 amide bonds. The van der Waals surface area contributed by atoms with Crippen molar-refractivity contribution in [2.45, 2.75) is 19.8 Å². The van der Waals surface area contributed by atoms with Gasteiger partial charge in [0.1, 0.15) is 0 Å². The summed E-state index contributed by atoms with van der Waals surface area (Å²) in [6, 6.07) is 6.62. The second kappa shape index (κ2) is 6.02. The number of hydrogen-bond donors (Lipinski definition) is 0. The van der Waals surface area contributed by atoms with E-state index in [1.54, 1.807) is 24.3 Å². The summed E-state index contributed by atoms with van der Waals surface area (Å²) in [4.78, 5) is 24.2. The zero-order chi connectivity index (χ0) is 13.8. The van der Waals surface area contributed by atoms with Gasteiger partial charge in [0.15, 0.2) is 11.6 Å². The molecule has 0 aliphatic heterocycles. The third-order valence-electron chi connectivity index (χ3n) is 3.10. The number of allylic oxidation sites excluding steroid dienone is 2. The van der Waals surface area contributed by atoms with Crippen LogP contribution >= 0.6 is 11.6 Å². The number of halogens is 1. The Balaban J connectivity index is 2.13. The first-order valence-electron chi connectivity index (χ1n) is 6.29. The average molecular weight is 279 g/mol. The van der Waals surface area contributed by atoms with Crippen molar-refractivity contribution in [2.75, 3.05) is 6.61 Å². The largest absolute Gasteiger partial charge is 0.498 e. The summed E-state index contributed by atoms with van der Waals surface area (Å²) < 4.78 is 5.31. The lowest BCUT2D eigenvalue weighted by atomic mass is 9.85. The van der Waals surface area contributed by atoms with E-state index in [4.69, 9.17) is 16.3 Å². The lowest BCUT2D eigenvalue weighted by molar-refractivity contribution is -0.117. The third kappa shape index (κ3) is 3.24. The van der Waals surface area contributed by atoms with Crippen LogP contribution < -0.4 is 0 Å². The van der Waals surface area contributed by atoms with Crippen LogP contribution in [-0.2, 0) is 9.53 Å². The van der Waals surface area contributed by atoms with Crippen molar-refractivity contribution in [3.63, 3.8) is 0 Å². The van der Waals surface area contributed by atoms with Gasteiger partial charge < -0.3 is 4.74 Å². The molecule has 0 saturated heterocycles. The van der Waals surface area contributed by atoms with Crippen molar-refractivity contribution in [3.05, 3.63) is 46.7 Å². The zero-order valence-corrected chi connectivity index (χ0v) is 11.4. The number of Topliss-reactive ketones (excluding diaryl/α,β-unsaturated/α-hetero) is 1. The molecule has 0 radical (unpaired) electrons. The maximum Gasteiger partial charge on any atom is 0.173 e. The van der Waals surface area contributed by atoms with Crippen LogP contribution in [0.1, 0.15) is 30.1 Å². The number of ketones is 2. The fourth-order valence-electron chi connectivity index (χ4n) is 2.14. The first-order chi connectivity index (χ1) is 9.11. The normalized spacial score (nSPS) is 18.9. The molecule has 1 aromatic carbocycles. The Morgan fingerprint density at radius 1 is 1.37 bits per heavy atom. The summed E-state index contributed by atoms with van der Waals surface area (Å²) in [5.74, 6) is -0.235. The minimum atomic E-state index is -0.592. The van der Waals surface area contributed by atoms with E-state index in [-0.39, 0.29) is 11.6 Å². The van der Waals surface area contributed by atoms with E-state index >= 15 is 0 Å². The Morgan fingerprint density at radius 3 is 2.63 bits per heavy atom. The molecule has 100 valence electrons. The maximum atomic E-state index is 12.3. The summed E-state index contributed by atoms with van der Waals surface area (Å²) in [6.45, 7) is 2.41. The second-order valence-electron chi connectivity index (χ2n) is 4.41. The van der Waals surface area contributed by atoms with E-state index in [1.165, 1.54) is 6.08 Å². The van der Waals surface area contributed by atoms with Crippen LogP contribution in [0.15, 0.2) is 36.1 Å². The van der Waals surface area contributed by atoms with Gasteiger partial charge in [0.2, 0.25) is 0 Å². The van der Waals surface area contributed by atoms with Crippen LogP contribution in [0.25, 0.3) is 0 Å². The summed E-state index contributed by atoms with van der Waals surface area (Å²) in [5.41, 5.74) is 0.524. The van der Waals surface area contributed by atoms with Crippen molar-refractivity contribution in [1.29, 1.82) is 0 Å². The molecular weight excluding hydrogens is 264 g/mol. The molecule has 3 nitrogen and oxygen atoms in total. The van der Waals surface area contributed by atoms with Gasteiger partial charge in [-0.1, -0.05) is 11.6 Å². The SMILES string of the molecule is CCOC1=CC(=O)C(C(=O)c2ccc(Cl)cc2)CC1. The molecule has 0 fully saturated rings. The van der Waals surface area contributed by atoms with Crippen LogP contribution in [0.4, 0.5) is 0 Å². The molecule has 0 saturated carbocycles. The van der Waals surface area contributed by atoms with Crippen LogP contribution in [-0.4, -0.2) is 18.2 Å². The molecule has 2 rings (SSSR count). The standard InChI is InChI=1S/C15H15ClO3/c1-2-19-12-7-8-13(14(17)9-12)15(18)10-3-5-11(16)6-4-10/h3-6,9,13H,2,7-8H2,1H3. The molecule has 1 atom stereocenters. The Bertz CT molecular complexity index is 517. The van der Waals surface area contributed by atoms with Crippen LogP contribution in [0.3, 0.4) is 0 Å². The molecule has 0 aromatic heterocycles. The summed E-state index contributed by atoms with van der Waals surface area (Å²) in [5, 5.41) is 0.574. The monoisotopic (exact) mass is 278 g/mol. The fourth-order valence-corrected chi connectivity index (χ4v) is 2.26. The van der Waals surface area contributed by atoms with E-state index in [1.807, 2.05) is 6.92 Å². The number of carbonyl (C=O) groups excluding carboxylic acids is 2. The molecule has 19 heavy (non-hydrogen) atoms. The Labute approximate surface area is 117 Å². The number of rotatable bonds is 4. The van der Waals surface area contributed by atoms with Crippen LogP contribution in [0.2, 0.25) is 5.02 Å². The minimum Gasteiger partial charge on any atom is -0.498 e. The molecule has 1 aromatic rings. The van der Waals surface area contributed by atoms with Crippen molar-refractivity contribution < 1.29 is 14.3 Å². The molecule has 0 spiro atoms. The summed E-state index contributed by atoms with van der Waals surface area (Å²) in [6.07, 6.45) is 2.58. The van der Waals surface area contributed by atoms with Gasteiger partial charge in [0, 0.05) is 23.1 Å². The quantitative estimate of drug-likeness (QED) is 0.626. The van der Waals surface area contributed by atoms with Gasteiger partial charge in [0.25, 0.3) is 0 Å². The lowest BCUT2D eigenvalue weighted by Gasteiger charge is -2.19. The smallest absolute Gasteiger partial charge is 0.173 e. The fraction of sp³-hybridized carbons (Fsp3) is 0.333. The molecule has 1 aliphatic rings. The Hall–Kier alpha value is -1.61. The minimum absolute atomic E-state index is 0.145. The summed E-state index contributed by atoms with van der Waals surface area (Å²) >= 11 is 5.78. The zero-order valence-electron chi connectivity index (χ0n) is 10.7. The van der Waals surface area contributed by atoms with Crippen molar-refractivity contribution in [2.24, 2.45) is 5.92 Å². The lowest BCUT2D eigenvalue weighted by Crippen LogP contribution is -2.26. The van der Waals surface area contributed by atoms with Gasteiger partial charge in [-0.15, -0.1) is 0 Å². The topological polar surface area (TPSA) is 43.4 Å². The third-order valence-corrected chi connectivity index (χ3v) is 3.35. The number of benzene rings is 1. The van der Waals surface area contributed by atoms with Crippen molar-refractivity contribution in [1.82, 2.24) is 0 Å². The average Bonchev–Trinajstić information content (AvgIpc) is 2.39. The van der Waals surface area contributed by atoms with Crippen molar-refractivity contribution in [3.8, 4) is 0 Å². The van der Waals surface area contributed by atoms with E-state index in [0.717, 1.165) is 0 Å². The van der Waals surface area contributed by atoms with Gasteiger partial charge >= 0.3 is 0 Å². The molecule has 1 aliphatic carbocycles. The van der Waals surface area contributed by atoms with Gasteiger partial charge in [0.05, 0.1) is 18.3 Å².